The molecule has 1 heterocycles. The number of hydrogen-bond donors (Lipinski definition) is 3. The van der Waals surface area contributed by atoms with Gasteiger partial charge in [-0.1, -0.05) is 0 Å². The second kappa shape index (κ2) is 2.07. The van der Waals surface area contributed by atoms with Gasteiger partial charge < -0.3 is 20.7 Å². The molecule has 3 atom stereocenters. The summed E-state index contributed by atoms with van der Waals surface area (Å²) in [5.74, 6) is -0.363. The summed E-state index contributed by atoms with van der Waals surface area (Å²) >= 11 is 0. The molecular formula is C7H9NO4. The van der Waals surface area contributed by atoms with Crippen LogP contribution in [0.3, 0.4) is 0 Å². The van der Waals surface area contributed by atoms with E-state index in [1.54, 1.807) is 0 Å². The average molecular weight is 171 g/mol. The molecule has 1 fully saturated rings. The summed E-state index contributed by atoms with van der Waals surface area (Å²) < 4.78 is 4.93. The minimum Gasteiger partial charge on any atom is -0.400 e. The maximum Gasteiger partial charge on any atom is 0.194 e. The van der Waals surface area contributed by atoms with Crippen molar-refractivity contribution in [3.05, 3.63) is 11.8 Å². The molecule has 0 aromatic carbocycles. The minimum atomic E-state index is -1.19. The highest BCUT2D eigenvalue weighted by Gasteiger charge is 2.66. The van der Waals surface area contributed by atoms with Crippen LogP contribution in [0.4, 0.5) is 0 Å². The molecule has 1 saturated heterocycles. The van der Waals surface area contributed by atoms with E-state index in [-0.39, 0.29) is 11.5 Å². The minimum absolute atomic E-state index is 0.103. The number of hydrogen-bond acceptors (Lipinski definition) is 5. The van der Waals surface area contributed by atoms with Gasteiger partial charge in [0.1, 0.15) is 12.2 Å². The Balaban J connectivity index is 2.34. The Bertz CT molecular complexity index is 275. The molecule has 0 aromatic rings. The van der Waals surface area contributed by atoms with Gasteiger partial charge >= 0.3 is 0 Å². The van der Waals surface area contributed by atoms with Gasteiger partial charge in [-0.3, -0.25) is 4.79 Å². The van der Waals surface area contributed by atoms with E-state index in [1.165, 1.54) is 0 Å². The lowest BCUT2D eigenvalue weighted by Crippen LogP contribution is -2.41. The van der Waals surface area contributed by atoms with E-state index in [2.05, 4.69) is 0 Å². The third-order valence-electron chi connectivity index (χ3n) is 2.32. The number of carbonyl (C=O) groups excluding carboxylic acids is 1. The molecule has 0 spiro atoms. The van der Waals surface area contributed by atoms with Crippen LogP contribution in [0, 0.1) is 0 Å². The topological polar surface area (TPSA) is 96.1 Å². The molecule has 2 rings (SSSR count). The highest BCUT2D eigenvalue weighted by atomic mass is 16.6. The fourth-order valence-electron chi connectivity index (χ4n) is 1.45. The van der Waals surface area contributed by atoms with Crippen LogP contribution < -0.4 is 5.73 Å². The highest BCUT2D eigenvalue weighted by molar-refractivity contribution is 6.01. The number of aliphatic hydroxyl groups is 2. The molecule has 2 aliphatic rings. The van der Waals surface area contributed by atoms with Crippen LogP contribution in [0.1, 0.15) is 0 Å². The first-order valence-corrected chi connectivity index (χ1v) is 3.60. The first kappa shape index (κ1) is 7.72. The van der Waals surface area contributed by atoms with Crippen LogP contribution in [-0.2, 0) is 9.53 Å². The van der Waals surface area contributed by atoms with E-state index in [0.29, 0.717) is 0 Å². The van der Waals surface area contributed by atoms with Gasteiger partial charge in [0.2, 0.25) is 0 Å². The largest absolute Gasteiger partial charge is 0.400 e. The molecule has 0 aromatic heterocycles. The van der Waals surface area contributed by atoms with Crippen molar-refractivity contribution in [1.82, 2.24) is 0 Å². The Kier molecular flexibility index (Phi) is 1.33. The molecule has 0 saturated carbocycles. The van der Waals surface area contributed by atoms with Crippen LogP contribution in [-0.4, -0.2) is 40.4 Å². The van der Waals surface area contributed by atoms with Gasteiger partial charge in [0.15, 0.2) is 11.4 Å². The van der Waals surface area contributed by atoms with E-state index in [0.717, 1.165) is 6.08 Å². The molecule has 1 aliphatic heterocycles. The quantitative estimate of drug-likeness (QED) is 0.393. The smallest absolute Gasteiger partial charge is 0.194 e. The van der Waals surface area contributed by atoms with Crippen LogP contribution >= 0.6 is 0 Å². The standard InChI is InChI=1S/C7H9NO4/c8-3-1-4(10)7(2-9)6(12-7)5(3)11/h1,5-6,9,11H,2,8H2. The summed E-state index contributed by atoms with van der Waals surface area (Å²) in [6, 6.07) is 0. The number of fused-ring (bicyclic) bond motifs is 1. The molecule has 66 valence electrons. The van der Waals surface area contributed by atoms with Gasteiger partial charge in [0, 0.05) is 11.8 Å². The molecule has 1 aliphatic carbocycles. The zero-order valence-electron chi connectivity index (χ0n) is 6.23. The zero-order chi connectivity index (χ0) is 8.93. The predicted molar refractivity (Wildman–Crippen MR) is 38.0 cm³/mol. The van der Waals surface area contributed by atoms with Gasteiger partial charge in [0.05, 0.1) is 6.61 Å². The summed E-state index contributed by atoms with van der Waals surface area (Å²) in [5.41, 5.74) is 4.24. The molecule has 5 nitrogen and oxygen atoms in total. The van der Waals surface area contributed by atoms with Gasteiger partial charge in [-0.25, -0.2) is 0 Å². The van der Waals surface area contributed by atoms with Gasteiger partial charge in [-0.2, -0.15) is 0 Å². The fraction of sp³-hybridized carbons (Fsp3) is 0.571. The van der Waals surface area contributed by atoms with E-state index in [1.807, 2.05) is 0 Å². The molecule has 3 unspecified atom stereocenters. The van der Waals surface area contributed by atoms with E-state index >= 15 is 0 Å². The highest BCUT2D eigenvalue weighted by Crippen LogP contribution is 2.43. The first-order chi connectivity index (χ1) is 5.62. The summed E-state index contributed by atoms with van der Waals surface area (Å²) in [6.45, 7) is -0.405. The van der Waals surface area contributed by atoms with Crippen molar-refractivity contribution in [2.24, 2.45) is 5.73 Å². The van der Waals surface area contributed by atoms with Crippen molar-refractivity contribution in [2.45, 2.75) is 17.8 Å². The zero-order valence-corrected chi connectivity index (χ0v) is 6.23. The maximum atomic E-state index is 11.2. The number of epoxide rings is 1. The van der Waals surface area contributed by atoms with E-state index < -0.39 is 24.4 Å². The van der Waals surface area contributed by atoms with Gasteiger partial charge in [-0.15, -0.1) is 0 Å². The number of ether oxygens (including phenoxy) is 1. The van der Waals surface area contributed by atoms with Gasteiger partial charge in [0.25, 0.3) is 0 Å². The van der Waals surface area contributed by atoms with Crippen LogP contribution in [0.2, 0.25) is 0 Å². The molecular weight excluding hydrogens is 162 g/mol. The number of carbonyl (C=O) groups is 1. The summed E-state index contributed by atoms with van der Waals surface area (Å²) in [7, 11) is 0. The third-order valence-corrected chi connectivity index (χ3v) is 2.32. The maximum absolute atomic E-state index is 11.2. The van der Waals surface area contributed by atoms with E-state index in [9.17, 15) is 9.90 Å². The Morgan fingerprint density at radius 3 is 3.00 bits per heavy atom. The van der Waals surface area contributed by atoms with Gasteiger partial charge in [-0.05, 0) is 0 Å². The molecule has 5 heteroatoms. The second-order valence-electron chi connectivity index (χ2n) is 3.04. The normalized spacial score (nSPS) is 45.2. The Morgan fingerprint density at radius 1 is 1.75 bits per heavy atom. The van der Waals surface area contributed by atoms with Crippen LogP contribution in [0.25, 0.3) is 0 Å². The number of ketones is 1. The third kappa shape index (κ3) is 0.703. The number of aliphatic hydroxyl groups excluding tert-OH is 2. The lowest BCUT2D eigenvalue weighted by molar-refractivity contribution is -0.121. The lowest BCUT2D eigenvalue weighted by Gasteiger charge is -2.16. The fourth-order valence-corrected chi connectivity index (χ4v) is 1.45. The van der Waals surface area contributed by atoms with Crippen molar-refractivity contribution in [3.63, 3.8) is 0 Å². The summed E-state index contributed by atoms with van der Waals surface area (Å²) in [5, 5.41) is 18.2. The molecule has 0 radical (unpaired) electrons. The molecule has 0 bridgehead atoms. The SMILES string of the molecule is NC1=CC(=O)C2(CO)OC2C1O. The second-order valence-corrected chi connectivity index (χ2v) is 3.04. The molecule has 0 amide bonds. The van der Waals surface area contributed by atoms with Crippen molar-refractivity contribution in [1.29, 1.82) is 0 Å². The van der Waals surface area contributed by atoms with Crippen LogP contribution in [0.15, 0.2) is 11.8 Å². The Labute approximate surface area is 68.4 Å². The van der Waals surface area contributed by atoms with Crippen LogP contribution in [0.5, 0.6) is 0 Å². The van der Waals surface area contributed by atoms with Crippen molar-refractivity contribution in [2.75, 3.05) is 6.61 Å². The van der Waals surface area contributed by atoms with E-state index in [4.69, 9.17) is 15.6 Å². The number of nitrogens with two attached hydrogens (primary N) is 1. The number of rotatable bonds is 1. The monoisotopic (exact) mass is 171 g/mol. The first-order valence-electron chi connectivity index (χ1n) is 3.60. The summed E-state index contributed by atoms with van der Waals surface area (Å²) in [4.78, 5) is 11.2. The lowest BCUT2D eigenvalue weighted by atomic mass is 9.90. The molecule has 4 N–H and O–H groups in total. The Hall–Kier alpha value is -0.910. The van der Waals surface area contributed by atoms with Crippen molar-refractivity contribution >= 4 is 5.78 Å². The average Bonchev–Trinajstić information content (AvgIpc) is 2.77. The van der Waals surface area contributed by atoms with Crippen molar-refractivity contribution in [3.8, 4) is 0 Å². The molecule has 12 heavy (non-hydrogen) atoms. The predicted octanol–water partition coefficient (Wildman–Crippen LogP) is -2.10. The van der Waals surface area contributed by atoms with Crippen molar-refractivity contribution < 1.29 is 19.7 Å². The Morgan fingerprint density at radius 2 is 2.42 bits per heavy atom. The summed E-state index contributed by atoms with van der Waals surface area (Å²) in [6.07, 6.45) is -0.500.